The molecule has 1 heterocycles. The van der Waals surface area contributed by atoms with E-state index in [2.05, 4.69) is 0 Å². The molecule has 0 saturated carbocycles. The van der Waals surface area contributed by atoms with Crippen molar-refractivity contribution in [1.82, 2.24) is 4.31 Å². The van der Waals surface area contributed by atoms with Crippen molar-refractivity contribution in [3.05, 3.63) is 54.6 Å². The number of amides is 1. The number of para-hydroxylation sites is 1. The Hall–Kier alpha value is -2.38. The molecule has 0 bridgehead atoms. The molecule has 1 saturated heterocycles. The molecule has 6 nitrogen and oxygen atoms in total. The van der Waals surface area contributed by atoms with Crippen LogP contribution in [-0.4, -0.2) is 31.7 Å². The molecule has 0 aliphatic carbocycles. The molecule has 0 aromatic heterocycles. The Bertz CT molecular complexity index is 827. The van der Waals surface area contributed by atoms with E-state index in [-0.39, 0.29) is 16.7 Å². The molecule has 2 aromatic carbocycles. The Morgan fingerprint density at radius 1 is 0.960 bits per heavy atom. The van der Waals surface area contributed by atoms with Crippen molar-refractivity contribution in [2.75, 3.05) is 13.1 Å². The van der Waals surface area contributed by atoms with E-state index in [0.717, 1.165) is 0 Å². The maximum atomic E-state index is 12.7. The van der Waals surface area contributed by atoms with E-state index < -0.39 is 10.0 Å². The van der Waals surface area contributed by atoms with Crippen LogP contribution in [0.4, 0.5) is 0 Å². The number of nitrogens with zero attached hydrogens (tertiary/aromatic N) is 1. The highest BCUT2D eigenvalue weighted by Crippen LogP contribution is 2.26. The van der Waals surface area contributed by atoms with Crippen LogP contribution in [0.5, 0.6) is 11.5 Å². The van der Waals surface area contributed by atoms with Gasteiger partial charge in [0.1, 0.15) is 11.5 Å². The molecule has 132 valence electrons. The van der Waals surface area contributed by atoms with Crippen molar-refractivity contribution >= 4 is 15.9 Å². The Balaban J connectivity index is 1.70. The summed E-state index contributed by atoms with van der Waals surface area (Å²) >= 11 is 0. The van der Waals surface area contributed by atoms with Crippen LogP contribution in [0.2, 0.25) is 0 Å². The molecule has 2 N–H and O–H groups in total. The predicted octanol–water partition coefficient (Wildman–Crippen LogP) is 2.36. The van der Waals surface area contributed by atoms with Crippen molar-refractivity contribution < 1.29 is 17.9 Å². The Labute approximate surface area is 147 Å². The van der Waals surface area contributed by atoms with E-state index in [9.17, 15) is 13.2 Å². The van der Waals surface area contributed by atoms with Crippen molar-refractivity contribution in [3.63, 3.8) is 0 Å². The number of nitrogens with two attached hydrogens (primary N) is 1. The fourth-order valence-corrected chi connectivity index (χ4v) is 4.30. The third-order valence-corrected chi connectivity index (χ3v) is 6.21. The van der Waals surface area contributed by atoms with E-state index in [1.807, 2.05) is 30.3 Å². The van der Waals surface area contributed by atoms with Crippen LogP contribution in [-0.2, 0) is 14.8 Å². The average molecular weight is 360 g/mol. The largest absolute Gasteiger partial charge is 0.457 e. The zero-order valence-electron chi connectivity index (χ0n) is 13.7. The van der Waals surface area contributed by atoms with E-state index in [0.29, 0.717) is 37.4 Å². The molecule has 1 fully saturated rings. The summed E-state index contributed by atoms with van der Waals surface area (Å²) in [6, 6.07) is 15.6. The van der Waals surface area contributed by atoms with Crippen molar-refractivity contribution in [3.8, 4) is 11.5 Å². The summed E-state index contributed by atoms with van der Waals surface area (Å²) in [6.07, 6.45) is 0.924. The Morgan fingerprint density at radius 3 is 2.08 bits per heavy atom. The van der Waals surface area contributed by atoms with Crippen LogP contribution in [0.25, 0.3) is 0 Å². The van der Waals surface area contributed by atoms with Gasteiger partial charge in [0.15, 0.2) is 0 Å². The van der Waals surface area contributed by atoms with Crippen LogP contribution in [0.3, 0.4) is 0 Å². The second-order valence-corrected chi connectivity index (χ2v) is 7.91. The van der Waals surface area contributed by atoms with Gasteiger partial charge in [0.25, 0.3) is 0 Å². The number of rotatable bonds is 5. The topological polar surface area (TPSA) is 89.7 Å². The molecule has 25 heavy (non-hydrogen) atoms. The highest BCUT2D eigenvalue weighted by atomic mass is 32.2. The van der Waals surface area contributed by atoms with Crippen LogP contribution in [0.1, 0.15) is 12.8 Å². The predicted molar refractivity (Wildman–Crippen MR) is 93.6 cm³/mol. The molecule has 1 amide bonds. The number of carbonyl (C=O) groups excluding carboxylic acids is 1. The van der Waals surface area contributed by atoms with Crippen LogP contribution in [0, 0.1) is 5.92 Å². The SMILES string of the molecule is NC(=O)C1CCN(S(=O)(=O)c2ccc(Oc3ccccc3)cc2)CC1. The lowest BCUT2D eigenvalue weighted by Gasteiger charge is -2.29. The van der Waals surface area contributed by atoms with E-state index in [1.165, 1.54) is 16.4 Å². The average Bonchev–Trinajstić information content (AvgIpc) is 2.63. The molecular formula is C18H20N2O4S. The first-order valence-electron chi connectivity index (χ1n) is 8.09. The second kappa shape index (κ2) is 7.25. The molecule has 0 radical (unpaired) electrons. The third kappa shape index (κ3) is 4.00. The standard InChI is InChI=1S/C18H20N2O4S/c19-18(21)14-10-12-20(13-11-14)25(22,23)17-8-6-16(7-9-17)24-15-4-2-1-3-5-15/h1-9,14H,10-13H2,(H2,19,21). The van der Waals surface area contributed by atoms with Crippen LogP contribution >= 0.6 is 0 Å². The molecule has 3 rings (SSSR count). The van der Waals surface area contributed by atoms with Crippen molar-refractivity contribution in [2.24, 2.45) is 11.7 Å². The monoisotopic (exact) mass is 360 g/mol. The molecule has 0 unspecified atom stereocenters. The Kier molecular flexibility index (Phi) is 5.06. The van der Waals surface area contributed by atoms with Gasteiger partial charge in [0.2, 0.25) is 15.9 Å². The fourth-order valence-electron chi connectivity index (χ4n) is 2.83. The lowest BCUT2D eigenvalue weighted by Crippen LogP contribution is -2.41. The normalized spacial score (nSPS) is 16.5. The minimum Gasteiger partial charge on any atom is -0.457 e. The summed E-state index contributed by atoms with van der Waals surface area (Å²) in [5, 5.41) is 0. The quantitative estimate of drug-likeness (QED) is 0.886. The number of carbonyl (C=O) groups is 1. The summed E-state index contributed by atoms with van der Waals surface area (Å²) in [5.41, 5.74) is 5.29. The fraction of sp³-hybridized carbons (Fsp3) is 0.278. The van der Waals surface area contributed by atoms with Gasteiger partial charge >= 0.3 is 0 Å². The molecule has 1 aliphatic rings. The number of benzene rings is 2. The maximum absolute atomic E-state index is 12.7. The number of sulfonamides is 1. The smallest absolute Gasteiger partial charge is 0.243 e. The molecule has 1 aliphatic heterocycles. The zero-order valence-corrected chi connectivity index (χ0v) is 14.5. The third-order valence-electron chi connectivity index (χ3n) is 4.30. The molecule has 2 aromatic rings. The summed E-state index contributed by atoms with van der Waals surface area (Å²) in [4.78, 5) is 11.4. The van der Waals surface area contributed by atoms with Gasteiger partial charge in [-0.1, -0.05) is 18.2 Å². The minimum atomic E-state index is -3.58. The number of ether oxygens (including phenoxy) is 1. The van der Waals surface area contributed by atoms with Gasteiger partial charge in [0, 0.05) is 19.0 Å². The van der Waals surface area contributed by atoms with Gasteiger partial charge in [0.05, 0.1) is 4.90 Å². The van der Waals surface area contributed by atoms with E-state index in [1.54, 1.807) is 12.1 Å². The first kappa shape index (κ1) is 17.4. The number of piperidine rings is 1. The molecule has 7 heteroatoms. The summed E-state index contributed by atoms with van der Waals surface area (Å²) in [7, 11) is -3.58. The van der Waals surface area contributed by atoms with E-state index >= 15 is 0 Å². The maximum Gasteiger partial charge on any atom is 0.243 e. The van der Waals surface area contributed by atoms with Gasteiger partial charge in [-0.15, -0.1) is 0 Å². The van der Waals surface area contributed by atoms with Gasteiger partial charge in [-0.2, -0.15) is 4.31 Å². The van der Waals surface area contributed by atoms with Gasteiger partial charge in [-0.3, -0.25) is 4.79 Å². The van der Waals surface area contributed by atoms with Crippen LogP contribution < -0.4 is 10.5 Å². The van der Waals surface area contributed by atoms with E-state index in [4.69, 9.17) is 10.5 Å². The zero-order chi connectivity index (χ0) is 17.9. The number of primary amides is 1. The summed E-state index contributed by atoms with van der Waals surface area (Å²) in [5.74, 6) is 0.650. The summed E-state index contributed by atoms with van der Waals surface area (Å²) < 4.78 is 32.5. The van der Waals surface area contributed by atoms with Crippen molar-refractivity contribution in [2.45, 2.75) is 17.7 Å². The molecule has 0 spiro atoms. The van der Waals surface area contributed by atoms with Crippen LogP contribution in [0.15, 0.2) is 59.5 Å². The first-order valence-corrected chi connectivity index (χ1v) is 9.53. The molecule has 0 atom stereocenters. The van der Waals surface area contributed by atoms with Gasteiger partial charge in [-0.25, -0.2) is 8.42 Å². The highest BCUT2D eigenvalue weighted by molar-refractivity contribution is 7.89. The first-order chi connectivity index (χ1) is 12.0. The minimum absolute atomic E-state index is 0.213. The lowest BCUT2D eigenvalue weighted by molar-refractivity contribution is -0.122. The Morgan fingerprint density at radius 2 is 1.52 bits per heavy atom. The number of hydrogen-bond donors (Lipinski definition) is 1. The highest BCUT2D eigenvalue weighted by Gasteiger charge is 2.31. The van der Waals surface area contributed by atoms with Gasteiger partial charge in [-0.05, 0) is 49.2 Å². The number of hydrogen-bond acceptors (Lipinski definition) is 4. The molecular weight excluding hydrogens is 340 g/mol. The summed E-state index contributed by atoms with van der Waals surface area (Å²) in [6.45, 7) is 0.608. The van der Waals surface area contributed by atoms with Crippen molar-refractivity contribution in [1.29, 1.82) is 0 Å². The van der Waals surface area contributed by atoms with Gasteiger partial charge < -0.3 is 10.5 Å². The lowest BCUT2D eigenvalue weighted by atomic mass is 9.98. The second-order valence-electron chi connectivity index (χ2n) is 5.97.